The van der Waals surface area contributed by atoms with Gasteiger partial charge in [-0.1, -0.05) is 28.9 Å². The number of aromatic nitrogens is 1. The van der Waals surface area contributed by atoms with E-state index in [0.29, 0.717) is 10.7 Å². The minimum absolute atomic E-state index is 0.0179. The van der Waals surface area contributed by atoms with Gasteiger partial charge in [0.25, 0.3) is 5.91 Å². The van der Waals surface area contributed by atoms with Crippen LogP contribution in [0.4, 0.5) is 0 Å². The van der Waals surface area contributed by atoms with E-state index in [1.807, 2.05) is 17.0 Å². The molecule has 2 saturated heterocycles. The molecular weight excluding hydrogens is 328 g/mol. The lowest BCUT2D eigenvalue weighted by molar-refractivity contribution is 0.0891. The molecule has 7 heteroatoms. The number of benzene rings is 1. The molecule has 3 heterocycles. The Morgan fingerprint density at radius 1 is 1.42 bits per heavy atom. The normalized spacial score (nSPS) is 24.8. The summed E-state index contributed by atoms with van der Waals surface area (Å²) in [4.78, 5) is 14.2. The highest BCUT2D eigenvalue weighted by Crippen LogP contribution is 2.37. The largest absolute Gasteiger partial charge is 0.350 e. The average Bonchev–Trinajstić information content (AvgIpc) is 3.28. The summed E-state index contributed by atoms with van der Waals surface area (Å²) in [7, 11) is 0. The van der Waals surface area contributed by atoms with Crippen LogP contribution >= 0.6 is 11.6 Å². The van der Waals surface area contributed by atoms with E-state index >= 15 is 0 Å². The van der Waals surface area contributed by atoms with Crippen molar-refractivity contribution >= 4 is 17.5 Å². The Morgan fingerprint density at radius 3 is 3.04 bits per heavy atom. The summed E-state index contributed by atoms with van der Waals surface area (Å²) >= 11 is 5.97. The standard InChI is InChI=1S/C17H15ClN4O2/c18-11-3-1-2-10(6-11)13-8-16(24-21-13)17(23)20-14-7-12-4-5-15(14)22(12)9-19/h1-3,6,8,12,14-15H,4-5,7H2,(H,20,23). The van der Waals surface area contributed by atoms with Crippen LogP contribution < -0.4 is 5.32 Å². The van der Waals surface area contributed by atoms with Gasteiger partial charge in [-0.25, -0.2) is 0 Å². The van der Waals surface area contributed by atoms with Crippen molar-refractivity contribution in [1.29, 1.82) is 5.26 Å². The molecule has 6 nitrogen and oxygen atoms in total. The summed E-state index contributed by atoms with van der Waals surface area (Å²) in [5.41, 5.74) is 1.36. The average molecular weight is 343 g/mol. The summed E-state index contributed by atoms with van der Waals surface area (Å²) in [6.45, 7) is 0. The molecule has 2 bridgehead atoms. The lowest BCUT2D eigenvalue weighted by Crippen LogP contribution is -2.43. The van der Waals surface area contributed by atoms with E-state index in [4.69, 9.17) is 16.1 Å². The maximum Gasteiger partial charge on any atom is 0.290 e. The first-order valence-electron chi connectivity index (χ1n) is 7.87. The maximum atomic E-state index is 12.4. The van der Waals surface area contributed by atoms with E-state index in [0.717, 1.165) is 24.8 Å². The van der Waals surface area contributed by atoms with Crippen LogP contribution in [0.25, 0.3) is 11.3 Å². The minimum atomic E-state index is -0.300. The number of hydrogen-bond donors (Lipinski definition) is 1. The highest BCUT2D eigenvalue weighted by molar-refractivity contribution is 6.30. The Hall–Kier alpha value is -2.52. The van der Waals surface area contributed by atoms with Crippen LogP contribution in [0.15, 0.2) is 34.9 Å². The van der Waals surface area contributed by atoms with Crippen molar-refractivity contribution in [2.45, 2.75) is 37.4 Å². The van der Waals surface area contributed by atoms with Gasteiger partial charge in [0.05, 0.1) is 12.1 Å². The molecule has 1 N–H and O–H groups in total. The molecule has 0 radical (unpaired) electrons. The Morgan fingerprint density at radius 2 is 2.29 bits per heavy atom. The number of nitriles is 1. The number of nitrogens with zero attached hydrogens (tertiary/aromatic N) is 3. The van der Waals surface area contributed by atoms with Crippen LogP contribution in [0.2, 0.25) is 5.02 Å². The predicted octanol–water partition coefficient (Wildman–Crippen LogP) is 2.81. The van der Waals surface area contributed by atoms with Gasteiger partial charge >= 0.3 is 0 Å². The van der Waals surface area contributed by atoms with Crippen molar-refractivity contribution in [3.05, 3.63) is 41.1 Å². The van der Waals surface area contributed by atoms with Crippen LogP contribution in [0.1, 0.15) is 29.8 Å². The molecule has 2 fully saturated rings. The van der Waals surface area contributed by atoms with Crippen molar-refractivity contribution in [3.8, 4) is 17.5 Å². The molecule has 1 aromatic heterocycles. The zero-order valence-electron chi connectivity index (χ0n) is 12.8. The number of rotatable bonds is 3. The lowest BCUT2D eigenvalue weighted by Gasteiger charge is -2.21. The van der Waals surface area contributed by atoms with Crippen LogP contribution in [-0.2, 0) is 0 Å². The van der Waals surface area contributed by atoms with E-state index in [-0.39, 0.29) is 29.8 Å². The highest BCUT2D eigenvalue weighted by atomic mass is 35.5. The molecular formula is C17H15ClN4O2. The third kappa shape index (κ3) is 2.51. The van der Waals surface area contributed by atoms with Crippen LogP contribution in [0.3, 0.4) is 0 Å². The van der Waals surface area contributed by atoms with Crippen molar-refractivity contribution in [2.75, 3.05) is 0 Å². The molecule has 3 unspecified atom stereocenters. The van der Waals surface area contributed by atoms with Gasteiger partial charge in [0.1, 0.15) is 5.69 Å². The van der Waals surface area contributed by atoms with Crippen LogP contribution in [0.5, 0.6) is 0 Å². The van der Waals surface area contributed by atoms with Crippen molar-refractivity contribution in [2.24, 2.45) is 0 Å². The summed E-state index contributed by atoms with van der Waals surface area (Å²) in [5, 5.41) is 16.7. The fourth-order valence-electron chi connectivity index (χ4n) is 3.71. The van der Waals surface area contributed by atoms with E-state index in [1.165, 1.54) is 0 Å². The number of carbonyl (C=O) groups is 1. The van der Waals surface area contributed by atoms with Crippen molar-refractivity contribution in [1.82, 2.24) is 15.4 Å². The highest BCUT2D eigenvalue weighted by Gasteiger charge is 2.46. The summed E-state index contributed by atoms with van der Waals surface area (Å²) < 4.78 is 5.18. The lowest BCUT2D eigenvalue weighted by atomic mass is 9.95. The Labute approximate surface area is 144 Å². The van der Waals surface area contributed by atoms with Crippen molar-refractivity contribution < 1.29 is 9.32 Å². The summed E-state index contributed by atoms with van der Waals surface area (Å²) in [5.74, 6) is -0.137. The smallest absolute Gasteiger partial charge is 0.290 e. The monoisotopic (exact) mass is 342 g/mol. The minimum Gasteiger partial charge on any atom is -0.350 e. The number of halogens is 1. The van der Waals surface area contributed by atoms with E-state index in [2.05, 4.69) is 16.7 Å². The zero-order chi connectivity index (χ0) is 16.7. The second-order valence-electron chi connectivity index (χ2n) is 6.21. The number of fused-ring (bicyclic) bond motifs is 2. The van der Waals surface area contributed by atoms with Gasteiger partial charge < -0.3 is 14.7 Å². The molecule has 0 aliphatic carbocycles. The zero-order valence-corrected chi connectivity index (χ0v) is 13.5. The first-order valence-corrected chi connectivity index (χ1v) is 8.25. The molecule has 1 amide bonds. The maximum absolute atomic E-state index is 12.4. The number of hydrogen-bond acceptors (Lipinski definition) is 5. The number of nitrogens with one attached hydrogen (secondary N) is 1. The van der Waals surface area contributed by atoms with Gasteiger partial charge in [-0.15, -0.1) is 0 Å². The molecule has 2 aromatic rings. The van der Waals surface area contributed by atoms with E-state index in [9.17, 15) is 10.1 Å². The van der Waals surface area contributed by atoms with Gasteiger partial charge in [-0.3, -0.25) is 4.79 Å². The Kier molecular flexibility index (Phi) is 3.66. The van der Waals surface area contributed by atoms with Crippen molar-refractivity contribution in [3.63, 3.8) is 0 Å². The molecule has 122 valence electrons. The van der Waals surface area contributed by atoms with Crippen LogP contribution in [-0.4, -0.2) is 34.1 Å². The first kappa shape index (κ1) is 15.0. The second kappa shape index (κ2) is 5.84. The Balaban J connectivity index is 1.48. The molecule has 2 aliphatic heterocycles. The molecule has 24 heavy (non-hydrogen) atoms. The predicted molar refractivity (Wildman–Crippen MR) is 87.1 cm³/mol. The molecule has 0 spiro atoms. The quantitative estimate of drug-likeness (QED) is 0.867. The number of amides is 1. The molecule has 2 aliphatic rings. The Bertz CT molecular complexity index is 828. The van der Waals surface area contributed by atoms with Gasteiger partial charge in [0, 0.05) is 22.7 Å². The van der Waals surface area contributed by atoms with E-state index in [1.54, 1.807) is 18.2 Å². The first-order chi connectivity index (χ1) is 11.7. The third-order valence-corrected chi connectivity index (χ3v) is 5.06. The summed E-state index contributed by atoms with van der Waals surface area (Å²) in [6, 6.07) is 9.15. The number of carbonyl (C=O) groups excluding carboxylic acids is 1. The van der Waals surface area contributed by atoms with Gasteiger partial charge in [-0.05, 0) is 31.4 Å². The van der Waals surface area contributed by atoms with Gasteiger partial charge in [0.15, 0.2) is 6.19 Å². The molecule has 0 saturated carbocycles. The second-order valence-corrected chi connectivity index (χ2v) is 6.64. The third-order valence-electron chi connectivity index (χ3n) is 4.82. The molecule has 4 rings (SSSR count). The summed E-state index contributed by atoms with van der Waals surface area (Å²) in [6.07, 6.45) is 5.00. The topological polar surface area (TPSA) is 82.2 Å². The van der Waals surface area contributed by atoms with Gasteiger partial charge in [-0.2, -0.15) is 5.26 Å². The SMILES string of the molecule is N#CN1C2CCC1C(NC(=O)c1cc(-c3cccc(Cl)c3)no1)C2. The molecule has 1 aromatic carbocycles. The fraction of sp³-hybridized carbons (Fsp3) is 0.353. The molecule has 3 atom stereocenters. The van der Waals surface area contributed by atoms with Crippen LogP contribution in [0, 0.1) is 11.5 Å². The van der Waals surface area contributed by atoms with E-state index < -0.39 is 0 Å². The van der Waals surface area contributed by atoms with Gasteiger partial charge in [0.2, 0.25) is 5.76 Å². The fourth-order valence-corrected chi connectivity index (χ4v) is 3.90.